The largest absolute Gasteiger partial charge is 0.506 e. The van der Waals surface area contributed by atoms with Gasteiger partial charge < -0.3 is 14.8 Å². The molecule has 21 heavy (non-hydrogen) atoms. The summed E-state index contributed by atoms with van der Waals surface area (Å²) in [7, 11) is -2.89. The Bertz CT molecular complexity index is 668. The molecular formula is C13H9Br4O3P. The molecule has 8 heteroatoms. The smallest absolute Gasteiger partial charge is 0.143 e. The summed E-state index contributed by atoms with van der Waals surface area (Å²) in [4.78, 5) is 0. The zero-order chi connectivity index (χ0) is 15.9. The minimum absolute atomic E-state index is 0.0619. The van der Waals surface area contributed by atoms with Gasteiger partial charge in [-0.3, -0.25) is 0 Å². The number of hydrogen-bond donors (Lipinski definition) is 2. The summed E-state index contributed by atoms with van der Waals surface area (Å²) < 4.78 is 15.1. The van der Waals surface area contributed by atoms with Gasteiger partial charge >= 0.3 is 0 Å². The normalized spacial score (nSPS) is 11.7. The van der Waals surface area contributed by atoms with Crippen molar-refractivity contribution >= 4 is 81.5 Å². The molecule has 0 amide bonds. The lowest BCUT2D eigenvalue weighted by molar-refractivity contribution is 0.468. The molecule has 2 aromatic rings. The SMILES string of the molecule is CP(=O)(c1cc(Br)c(O)c(Br)c1)c1cc(Br)c(O)c(Br)c1. The minimum atomic E-state index is -2.89. The fraction of sp³-hybridized carbons (Fsp3) is 0.0769. The lowest BCUT2D eigenvalue weighted by atomic mass is 10.3. The third-order valence-electron chi connectivity index (χ3n) is 2.99. The molecule has 2 aromatic carbocycles. The molecule has 2 rings (SSSR count). The third-order valence-corrected chi connectivity index (χ3v) is 7.89. The van der Waals surface area contributed by atoms with E-state index in [0.717, 1.165) is 0 Å². The number of benzene rings is 2. The summed E-state index contributed by atoms with van der Waals surface area (Å²) in [5.41, 5.74) is 0. The van der Waals surface area contributed by atoms with E-state index in [1.807, 2.05) is 0 Å². The summed E-state index contributed by atoms with van der Waals surface area (Å²) in [5.74, 6) is 0.124. The second-order valence-corrected chi connectivity index (χ2v) is 10.7. The molecule has 0 fully saturated rings. The molecule has 3 nitrogen and oxygen atoms in total. The van der Waals surface area contributed by atoms with Crippen LogP contribution in [0.5, 0.6) is 11.5 Å². The highest BCUT2D eigenvalue weighted by atomic mass is 79.9. The van der Waals surface area contributed by atoms with Crippen LogP contribution in [-0.2, 0) is 4.57 Å². The number of halogens is 4. The van der Waals surface area contributed by atoms with Crippen LogP contribution >= 0.6 is 70.9 Å². The molecule has 0 spiro atoms. The third kappa shape index (κ3) is 3.42. The van der Waals surface area contributed by atoms with Crippen LogP contribution in [-0.4, -0.2) is 16.9 Å². The predicted molar refractivity (Wildman–Crippen MR) is 99.8 cm³/mol. The molecule has 0 heterocycles. The van der Waals surface area contributed by atoms with Crippen LogP contribution in [0.25, 0.3) is 0 Å². The number of rotatable bonds is 2. The first-order valence-electron chi connectivity index (χ1n) is 5.59. The Morgan fingerprint density at radius 3 is 1.24 bits per heavy atom. The molecule has 0 bridgehead atoms. The van der Waals surface area contributed by atoms with Crippen LogP contribution < -0.4 is 10.6 Å². The van der Waals surface area contributed by atoms with Gasteiger partial charge in [0.2, 0.25) is 0 Å². The molecular weight excluding hydrogens is 555 g/mol. The topological polar surface area (TPSA) is 57.5 Å². The van der Waals surface area contributed by atoms with E-state index < -0.39 is 7.14 Å². The molecule has 0 saturated carbocycles. The van der Waals surface area contributed by atoms with Gasteiger partial charge in [0.15, 0.2) is 0 Å². The maximum absolute atomic E-state index is 13.2. The van der Waals surface area contributed by atoms with Gasteiger partial charge in [0.25, 0.3) is 0 Å². The van der Waals surface area contributed by atoms with Gasteiger partial charge in [-0.1, -0.05) is 0 Å². The fourth-order valence-electron chi connectivity index (χ4n) is 1.75. The first kappa shape index (κ1) is 17.5. The maximum Gasteiger partial charge on any atom is 0.143 e. The summed E-state index contributed by atoms with van der Waals surface area (Å²) in [6.45, 7) is 1.64. The molecule has 0 aliphatic rings. The van der Waals surface area contributed by atoms with Crippen molar-refractivity contribution in [3.8, 4) is 11.5 Å². The van der Waals surface area contributed by atoms with Crippen molar-refractivity contribution < 1.29 is 14.8 Å². The molecule has 0 radical (unpaired) electrons. The van der Waals surface area contributed by atoms with Crippen molar-refractivity contribution in [3.05, 3.63) is 42.2 Å². The van der Waals surface area contributed by atoms with Gasteiger partial charge in [0.05, 0.1) is 17.9 Å². The van der Waals surface area contributed by atoms with E-state index in [0.29, 0.717) is 28.5 Å². The van der Waals surface area contributed by atoms with Gasteiger partial charge in [-0.2, -0.15) is 0 Å². The molecule has 0 atom stereocenters. The standard InChI is InChI=1S/C13H9Br4O3P/c1-21(20,6-2-8(14)12(18)9(15)3-6)7-4-10(16)13(19)11(17)5-7/h2-5,18-19H,1H3. The lowest BCUT2D eigenvalue weighted by Gasteiger charge is -2.17. The number of hydrogen-bond acceptors (Lipinski definition) is 3. The van der Waals surface area contributed by atoms with E-state index in [1.165, 1.54) is 0 Å². The lowest BCUT2D eigenvalue weighted by Crippen LogP contribution is -2.15. The van der Waals surface area contributed by atoms with E-state index in [9.17, 15) is 14.8 Å². The summed E-state index contributed by atoms with van der Waals surface area (Å²) in [6, 6.07) is 6.54. The number of phenols is 2. The predicted octanol–water partition coefficient (Wildman–Crippen LogP) is 5.09. The zero-order valence-corrected chi connectivity index (χ0v) is 17.8. The van der Waals surface area contributed by atoms with Gasteiger partial charge in [0, 0.05) is 10.6 Å². The van der Waals surface area contributed by atoms with Gasteiger partial charge in [0.1, 0.15) is 18.6 Å². The summed E-state index contributed by atoms with van der Waals surface area (Å²) in [6.07, 6.45) is 0. The Morgan fingerprint density at radius 1 is 0.762 bits per heavy atom. The minimum Gasteiger partial charge on any atom is -0.506 e. The van der Waals surface area contributed by atoms with Crippen LogP contribution in [0.4, 0.5) is 0 Å². The average molecular weight is 564 g/mol. The molecule has 0 saturated heterocycles. The van der Waals surface area contributed by atoms with Crippen molar-refractivity contribution in [3.63, 3.8) is 0 Å². The highest BCUT2D eigenvalue weighted by Crippen LogP contribution is 2.45. The van der Waals surface area contributed by atoms with Gasteiger partial charge in [-0.15, -0.1) is 0 Å². The maximum atomic E-state index is 13.2. The first-order valence-corrected chi connectivity index (χ1v) is 10.9. The Hall–Kier alpha value is 0.190. The Kier molecular flexibility index (Phi) is 5.31. The van der Waals surface area contributed by atoms with Gasteiger partial charge in [-0.25, -0.2) is 0 Å². The van der Waals surface area contributed by atoms with Gasteiger partial charge in [-0.05, 0) is 94.7 Å². The number of phenolic OH excluding ortho intramolecular Hbond substituents is 2. The van der Waals surface area contributed by atoms with Crippen molar-refractivity contribution in [2.75, 3.05) is 6.66 Å². The molecule has 0 aliphatic carbocycles. The summed E-state index contributed by atoms with van der Waals surface area (Å²) in [5, 5.41) is 20.7. The highest BCUT2D eigenvalue weighted by molar-refractivity contribution is 9.11. The van der Waals surface area contributed by atoms with E-state index in [4.69, 9.17) is 0 Å². The zero-order valence-electron chi connectivity index (χ0n) is 10.6. The van der Waals surface area contributed by atoms with E-state index in [-0.39, 0.29) is 11.5 Å². The fourth-order valence-corrected chi connectivity index (χ4v) is 6.63. The van der Waals surface area contributed by atoms with Crippen molar-refractivity contribution in [2.45, 2.75) is 0 Å². The van der Waals surface area contributed by atoms with Crippen LogP contribution in [0.15, 0.2) is 42.2 Å². The van der Waals surface area contributed by atoms with Crippen molar-refractivity contribution in [1.29, 1.82) is 0 Å². The van der Waals surface area contributed by atoms with Crippen molar-refractivity contribution in [2.24, 2.45) is 0 Å². The first-order chi connectivity index (χ1) is 9.64. The van der Waals surface area contributed by atoms with E-state index in [2.05, 4.69) is 63.7 Å². The van der Waals surface area contributed by atoms with Crippen LogP contribution in [0.2, 0.25) is 0 Å². The van der Waals surface area contributed by atoms with E-state index in [1.54, 1.807) is 30.9 Å². The average Bonchev–Trinajstić information content (AvgIpc) is 2.40. The quantitative estimate of drug-likeness (QED) is 0.501. The van der Waals surface area contributed by atoms with Crippen LogP contribution in [0.1, 0.15) is 0 Å². The second kappa shape index (κ2) is 6.36. The Labute approximate surface area is 155 Å². The molecule has 2 N–H and O–H groups in total. The molecule has 0 aromatic heterocycles. The second-order valence-electron chi connectivity index (χ2n) is 4.44. The van der Waals surface area contributed by atoms with Crippen LogP contribution in [0.3, 0.4) is 0 Å². The molecule has 112 valence electrons. The number of aromatic hydroxyl groups is 2. The van der Waals surface area contributed by atoms with Crippen LogP contribution in [0, 0.1) is 0 Å². The van der Waals surface area contributed by atoms with Crippen molar-refractivity contribution in [1.82, 2.24) is 0 Å². The van der Waals surface area contributed by atoms with E-state index >= 15 is 0 Å². The molecule has 0 aliphatic heterocycles. The highest BCUT2D eigenvalue weighted by Gasteiger charge is 2.25. The monoisotopic (exact) mass is 560 g/mol. The Morgan fingerprint density at radius 2 is 1.00 bits per heavy atom. The summed E-state index contributed by atoms with van der Waals surface area (Å²) >= 11 is 13.0. The molecule has 0 unspecified atom stereocenters. The Balaban J connectivity index is 2.65.